The number of piperazine rings is 1. The second-order valence-electron chi connectivity index (χ2n) is 5.93. The quantitative estimate of drug-likeness (QED) is 0.910. The Labute approximate surface area is 146 Å². The number of carbonyl (C=O) groups is 2. The summed E-state index contributed by atoms with van der Waals surface area (Å²) >= 11 is 0. The van der Waals surface area contributed by atoms with Crippen LogP contribution in [0.25, 0.3) is 0 Å². The van der Waals surface area contributed by atoms with Crippen LogP contribution in [0.2, 0.25) is 0 Å². The van der Waals surface area contributed by atoms with Gasteiger partial charge in [0.15, 0.2) is 0 Å². The lowest BCUT2D eigenvalue weighted by molar-refractivity contribution is -0.131. The van der Waals surface area contributed by atoms with Crippen LogP contribution in [0.1, 0.15) is 28.9 Å². The van der Waals surface area contributed by atoms with Crippen LogP contribution < -0.4 is 10.2 Å². The molecule has 0 aliphatic carbocycles. The van der Waals surface area contributed by atoms with E-state index in [-0.39, 0.29) is 17.9 Å². The molecule has 2 aromatic rings. The number of anilines is 1. The number of amides is 2. The smallest absolute Gasteiger partial charge is 0.251 e. The molecule has 1 aliphatic rings. The Balaban J connectivity index is 1.92. The van der Waals surface area contributed by atoms with Crippen LogP contribution in [0.5, 0.6) is 0 Å². The molecule has 1 N–H and O–H groups in total. The highest BCUT2D eigenvalue weighted by molar-refractivity contribution is 5.94. The van der Waals surface area contributed by atoms with Gasteiger partial charge in [-0.25, -0.2) is 9.97 Å². The van der Waals surface area contributed by atoms with E-state index < -0.39 is 0 Å². The van der Waals surface area contributed by atoms with Gasteiger partial charge in [0.05, 0.1) is 6.04 Å². The van der Waals surface area contributed by atoms with Crippen LogP contribution in [-0.2, 0) is 4.79 Å². The van der Waals surface area contributed by atoms with Crippen molar-refractivity contribution in [2.75, 3.05) is 31.6 Å². The van der Waals surface area contributed by atoms with E-state index >= 15 is 0 Å². The Bertz CT molecular complexity index is 765. The monoisotopic (exact) mass is 339 g/mol. The molecule has 2 amide bonds. The Morgan fingerprint density at radius 2 is 1.92 bits per heavy atom. The summed E-state index contributed by atoms with van der Waals surface area (Å²) in [5, 5.41) is 2.63. The van der Waals surface area contributed by atoms with Gasteiger partial charge in [0.25, 0.3) is 5.91 Å². The molecule has 1 aliphatic heterocycles. The maximum Gasteiger partial charge on any atom is 0.251 e. The summed E-state index contributed by atoms with van der Waals surface area (Å²) < 4.78 is 0. The van der Waals surface area contributed by atoms with Crippen molar-refractivity contribution in [1.82, 2.24) is 20.2 Å². The average Bonchev–Trinajstić information content (AvgIpc) is 2.67. The van der Waals surface area contributed by atoms with Crippen molar-refractivity contribution in [1.29, 1.82) is 0 Å². The predicted octanol–water partition coefficient (Wildman–Crippen LogP) is 1.25. The summed E-state index contributed by atoms with van der Waals surface area (Å²) in [5.41, 5.74) is 1.51. The lowest BCUT2D eigenvalue weighted by atomic mass is 9.99. The van der Waals surface area contributed by atoms with Gasteiger partial charge in [-0.2, -0.15) is 0 Å². The van der Waals surface area contributed by atoms with Crippen LogP contribution in [0, 0.1) is 0 Å². The number of nitrogens with one attached hydrogen (secondary N) is 1. The number of aromatic nitrogens is 2. The molecular formula is C18H21N5O2. The first-order valence-electron chi connectivity index (χ1n) is 8.21. The third-order valence-electron chi connectivity index (χ3n) is 4.38. The minimum atomic E-state index is -0.153. The molecule has 130 valence electrons. The van der Waals surface area contributed by atoms with Crippen molar-refractivity contribution < 1.29 is 9.59 Å². The normalized spacial score (nSPS) is 17.3. The summed E-state index contributed by atoms with van der Waals surface area (Å²) in [7, 11) is 1.60. The topological polar surface area (TPSA) is 78.4 Å². The molecule has 7 heteroatoms. The molecule has 25 heavy (non-hydrogen) atoms. The summed E-state index contributed by atoms with van der Waals surface area (Å²) in [6, 6.07) is 9.02. The van der Waals surface area contributed by atoms with Gasteiger partial charge in [-0.3, -0.25) is 9.59 Å². The van der Waals surface area contributed by atoms with Crippen LogP contribution in [-0.4, -0.2) is 53.4 Å². The highest BCUT2D eigenvalue weighted by atomic mass is 16.2. The fourth-order valence-electron chi connectivity index (χ4n) is 3.11. The van der Waals surface area contributed by atoms with Crippen molar-refractivity contribution in [2.45, 2.75) is 13.0 Å². The molecule has 1 atom stereocenters. The first-order chi connectivity index (χ1) is 12.1. The van der Waals surface area contributed by atoms with E-state index in [2.05, 4.69) is 20.2 Å². The Morgan fingerprint density at radius 3 is 2.60 bits per heavy atom. The summed E-state index contributed by atoms with van der Waals surface area (Å²) in [6.07, 6.45) is 3.42. The minimum absolute atomic E-state index is 0.0176. The highest BCUT2D eigenvalue weighted by Crippen LogP contribution is 2.27. The van der Waals surface area contributed by atoms with Gasteiger partial charge in [0.1, 0.15) is 0 Å². The molecule has 0 radical (unpaired) electrons. The van der Waals surface area contributed by atoms with Crippen molar-refractivity contribution >= 4 is 17.8 Å². The highest BCUT2D eigenvalue weighted by Gasteiger charge is 2.31. The maximum atomic E-state index is 12.1. The van der Waals surface area contributed by atoms with Crippen molar-refractivity contribution in [3.05, 3.63) is 53.9 Å². The van der Waals surface area contributed by atoms with Crippen LogP contribution >= 0.6 is 0 Å². The molecule has 1 aromatic heterocycles. The van der Waals surface area contributed by atoms with E-state index in [4.69, 9.17) is 0 Å². The molecule has 1 saturated heterocycles. The number of carbonyl (C=O) groups excluding carboxylic acids is 2. The zero-order valence-corrected chi connectivity index (χ0v) is 14.3. The van der Waals surface area contributed by atoms with Crippen LogP contribution in [0.4, 0.5) is 5.95 Å². The number of nitrogens with zero attached hydrogens (tertiary/aromatic N) is 4. The lowest BCUT2D eigenvalue weighted by Crippen LogP contribution is -2.50. The van der Waals surface area contributed by atoms with E-state index in [0.29, 0.717) is 31.1 Å². The van der Waals surface area contributed by atoms with Gasteiger partial charge in [0, 0.05) is 51.6 Å². The Hall–Kier alpha value is -2.96. The van der Waals surface area contributed by atoms with Gasteiger partial charge in [0.2, 0.25) is 11.9 Å². The fourth-order valence-corrected chi connectivity index (χ4v) is 3.11. The van der Waals surface area contributed by atoms with Crippen LogP contribution in [0.3, 0.4) is 0 Å². The summed E-state index contributed by atoms with van der Waals surface area (Å²) in [5.74, 6) is 0.525. The molecule has 3 rings (SSSR count). The van der Waals surface area contributed by atoms with Gasteiger partial charge in [-0.15, -0.1) is 0 Å². The van der Waals surface area contributed by atoms with Crippen molar-refractivity contribution in [3.8, 4) is 0 Å². The maximum absolute atomic E-state index is 12.1. The Morgan fingerprint density at radius 1 is 1.16 bits per heavy atom. The molecule has 1 fully saturated rings. The van der Waals surface area contributed by atoms with Gasteiger partial charge in [-0.1, -0.05) is 12.1 Å². The summed E-state index contributed by atoms with van der Waals surface area (Å²) in [4.78, 5) is 36.5. The van der Waals surface area contributed by atoms with Crippen molar-refractivity contribution in [2.24, 2.45) is 0 Å². The molecule has 1 aromatic carbocycles. The third kappa shape index (κ3) is 3.60. The standard InChI is InChI=1S/C18H21N5O2/c1-13(24)23-10-9-22(18-20-7-4-8-21-18)12-16(23)14-5-3-6-15(11-14)17(25)19-2/h3-8,11,16H,9-10,12H2,1-2H3,(H,19,25). The van der Waals surface area contributed by atoms with Gasteiger partial charge in [-0.05, 0) is 23.8 Å². The van der Waals surface area contributed by atoms with E-state index in [1.54, 1.807) is 38.5 Å². The molecule has 2 heterocycles. The molecule has 7 nitrogen and oxygen atoms in total. The van der Waals surface area contributed by atoms with E-state index in [1.165, 1.54) is 0 Å². The number of rotatable bonds is 3. The molecular weight excluding hydrogens is 318 g/mol. The molecule has 0 spiro atoms. The molecule has 0 bridgehead atoms. The van der Waals surface area contributed by atoms with E-state index in [9.17, 15) is 9.59 Å². The largest absolute Gasteiger partial charge is 0.355 e. The lowest BCUT2D eigenvalue weighted by Gasteiger charge is -2.41. The first kappa shape index (κ1) is 16.9. The SMILES string of the molecule is CNC(=O)c1cccc(C2CN(c3ncccn3)CCN2C(C)=O)c1. The first-order valence-corrected chi connectivity index (χ1v) is 8.21. The van der Waals surface area contributed by atoms with E-state index in [0.717, 1.165) is 5.56 Å². The van der Waals surface area contributed by atoms with Gasteiger partial charge < -0.3 is 15.1 Å². The number of benzene rings is 1. The van der Waals surface area contributed by atoms with Crippen LogP contribution in [0.15, 0.2) is 42.7 Å². The van der Waals surface area contributed by atoms with Crippen molar-refractivity contribution in [3.63, 3.8) is 0 Å². The zero-order chi connectivity index (χ0) is 17.8. The second kappa shape index (κ2) is 7.29. The zero-order valence-electron chi connectivity index (χ0n) is 14.3. The Kier molecular flexibility index (Phi) is 4.92. The van der Waals surface area contributed by atoms with Gasteiger partial charge >= 0.3 is 0 Å². The minimum Gasteiger partial charge on any atom is -0.355 e. The third-order valence-corrected chi connectivity index (χ3v) is 4.38. The van der Waals surface area contributed by atoms with E-state index in [1.807, 2.05) is 23.1 Å². The average molecular weight is 339 g/mol. The predicted molar refractivity (Wildman–Crippen MR) is 94.2 cm³/mol. The summed E-state index contributed by atoms with van der Waals surface area (Å²) in [6.45, 7) is 3.42. The molecule has 0 saturated carbocycles. The fraction of sp³-hybridized carbons (Fsp3) is 0.333. The number of hydrogen-bond acceptors (Lipinski definition) is 5. The molecule has 1 unspecified atom stereocenters. The second-order valence-corrected chi connectivity index (χ2v) is 5.93. The number of hydrogen-bond donors (Lipinski definition) is 1.